The van der Waals surface area contributed by atoms with Crippen molar-refractivity contribution in [3.8, 4) is 0 Å². The smallest absolute Gasteiger partial charge is 0.407 e. The zero-order valence-electron chi connectivity index (χ0n) is 18.6. The highest BCUT2D eigenvalue weighted by Gasteiger charge is 2.38. The predicted octanol–water partition coefficient (Wildman–Crippen LogP) is 1.54. The Bertz CT molecular complexity index is 754. The molecule has 10 heteroatoms. The molecule has 0 aliphatic carbocycles. The molecule has 0 bridgehead atoms. The summed E-state index contributed by atoms with van der Waals surface area (Å²) in [6, 6.07) is 2.27. The van der Waals surface area contributed by atoms with Crippen LogP contribution in [0.5, 0.6) is 0 Å². The van der Waals surface area contributed by atoms with E-state index >= 15 is 0 Å². The molecule has 0 spiro atoms. The van der Waals surface area contributed by atoms with Gasteiger partial charge in [0, 0.05) is 18.0 Å². The van der Waals surface area contributed by atoms with Gasteiger partial charge in [-0.15, -0.1) is 11.3 Å². The van der Waals surface area contributed by atoms with E-state index in [0.717, 1.165) is 37.4 Å². The lowest BCUT2D eigenvalue weighted by molar-refractivity contribution is -0.144. The van der Waals surface area contributed by atoms with Crippen molar-refractivity contribution in [1.82, 2.24) is 20.0 Å². The number of piperazine rings is 1. The highest BCUT2D eigenvalue weighted by Crippen LogP contribution is 2.16. The number of hydrogen-bond acceptors (Lipinski definition) is 6. The second-order valence-corrected chi connectivity index (χ2v) is 9.61. The van der Waals surface area contributed by atoms with Crippen LogP contribution in [0.4, 0.5) is 4.79 Å². The van der Waals surface area contributed by atoms with Crippen molar-refractivity contribution in [3.63, 3.8) is 0 Å². The van der Waals surface area contributed by atoms with Crippen LogP contribution in [0.25, 0.3) is 0 Å². The first-order valence-electron chi connectivity index (χ1n) is 11.5. The van der Waals surface area contributed by atoms with Gasteiger partial charge in [-0.1, -0.05) is 18.9 Å². The number of amides is 3. The van der Waals surface area contributed by atoms with Gasteiger partial charge in [0.15, 0.2) is 0 Å². The van der Waals surface area contributed by atoms with Gasteiger partial charge in [-0.2, -0.15) is 0 Å². The lowest BCUT2D eigenvalue weighted by Crippen LogP contribution is -2.63. The first kappa shape index (κ1) is 24.5. The third kappa shape index (κ3) is 6.91. The molecule has 9 nitrogen and oxygen atoms in total. The average molecular weight is 466 g/mol. The fourth-order valence-corrected chi connectivity index (χ4v) is 5.01. The molecule has 1 aromatic rings. The molecule has 32 heavy (non-hydrogen) atoms. The van der Waals surface area contributed by atoms with Crippen molar-refractivity contribution < 1.29 is 19.5 Å². The molecule has 178 valence electrons. The predicted molar refractivity (Wildman–Crippen MR) is 123 cm³/mol. The Morgan fingerprint density at radius 2 is 1.94 bits per heavy atom. The molecular weight excluding hydrogens is 430 g/mol. The molecule has 3 amide bonds. The first-order valence-corrected chi connectivity index (χ1v) is 12.4. The number of thiophene rings is 1. The van der Waals surface area contributed by atoms with Crippen molar-refractivity contribution >= 4 is 29.2 Å². The van der Waals surface area contributed by atoms with Crippen molar-refractivity contribution in [2.24, 2.45) is 5.73 Å². The van der Waals surface area contributed by atoms with Crippen LogP contribution in [0, 0.1) is 0 Å². The molecule has 2 aliphatic rings. The number of unbranched alkanes of at least 4 members (excludes halogenated alkanes) is 1. The number of likely N-dealkylation sites (tertiary alicyclic amines) is 1. The normalized spacial score (nSPS) is 20.7. The van der Waals surface area contributed by atoms with E-state index in [1.807, 2.05) is 17.5 Å². The monoisotopic (exact) mass is 465 g/mol. The summed E-state index contributed by atoms with van der Waals surface area (Å²) in [6.07, 6.45) is 5.16. The number of carbonyl (C=O) groups excluding carboxylic acids is 2. The maximum absolute atomic E-state index is 13.1. The molecule has 0 aromatic carbocycles. The van der Waals surface area contributed by atoms with E-state index in [0.29, 0.717) is 13.0 Å². The second kappa shape index (κ2) is 12.2. The molecule has 2 aliphatic heterocycles. The summed E-state index contributed by atoms with van der Waals surface area (Å²) in [5.41, 5.74) is 6.21. The average Bonchev–Trinajstić information content (AvgIpc) is 3.33. The van der Waals surface area contributed by atoms with Crippen molar-refractivity contribution in [2.75, 3.05) is 39.3 Å². The Morgan fingerprint density at radius 1 is 1.16 bits per heavy atom. The van der Waals surface area contributed by atoms with Gasteiger partial charge in [-0.05, 0) is 56.8 Å². The van der Waals surface area contributed by atoms with E-state index in [-0.39, 0.29) is 31.4 Å². The van der Waals surface area contributed by atoms with Crippen molar-refractivity contribution in [1.29, 1.82) is 0 Å². The van der Waals surface area contributed by atoms with Gasteiger partial charge in [0.25, 0.3) is 0 Å². The number of rotatable bonds is 9. The molecule has 2 saturated heterocycles. The summed E-state index contributed by atoms with van der Waals surface area (Å²) >= 11 is 1.53. The summed E-state index contributed by atoms with van der Waals surface area (Å²) in [5.74, 6) is -0.626. The molecule has 3 rings (SSSR count). The van der Waals surface area contributed by atoms with Crippen molar-refractivity contribution in [3.05, 3.63) is 22.4 Å². The van der Waals surface area contributed by atoms with Gasteiger partial charge in [-0.25, -0.2) is 4.79 Å². The van der Waals surface area contributed by atoms with E-state index < -0.39 is 18.2 Å². The molecule has 1 aromatic heterocycles. The van der Waals surface area contributed by atoms with Gasteiger partial charge in [0.2, 0.25) is 11.8 Å². The molecule has 3 heterocycles. The van der Waals surface area contributed by atoms with Crippen LogP contribution in [-0.4, -0.2) is 89.1 Å². The Hall–Kier alpha value is -2.17. The molecule has 2 atom stereocenters. The molecular formula is C22H35N5O4S. The molecule has 4 N–H and O–H groups in total. The SMILES string of the molecule is N[C@H](CCCCN1CCCCC1)C(=O)N1CCN(C(=O)O)C[C@H]1C(=O)NCc1cccs1. The van der Waals surface area contributed by atoms with Gasteiger partial charge in [-0.3, -0.25) is 9.59 Å². The Morgan fingerprint density at radius 3 is 2.62 bits per heavy atom. The Labute approximate surface area is 193 Å². The van der Waals surface area contributed by atoms with Gasteiger partial charge in [0.1, 0.15) is 6.04 Å². The van der Waals surface area contributed by atoms with Crippen LogP contribution in [0.15, 0.2) is 17.5 Å². The topological polar surface area (TPSA) is 119 Å². The standard InChI is InChI=1S/C22H35N5O4S/c23-18(8-2-5-11-25-9-3-1-4-10-25)21(29)27-13-12-26(22(30)31)16-19(27)20(28)24-15-17-7-6-14-32-17/h6-7,14,18-19H,1-5,8-13,15-16,23H2,(H,24,28)(H,30,31)/t18-,19+/m1/s1. The van der Waals surface area contributed by atoms with Crippen LogP contribution >= 0.6 is 11.3 Å². The summed E-state index contributed by atoms with van der Waals surface area (Å²) in [5, 5.41) is 14.1. The van der Waals surface area contributed by atoms with E-state index in [1.165, 1.54) is 40.4 Å². The van der Waals surface area contributed by atoms with Crippen LogP contribution < -0.4 is 11.1 Å². The highest BCUT2D eigenvalue weighted by molar-refractivity contribution is 7.09. The van der Waals surface area contributed by atoms with Crippen LogP contribution in [-0.2, 0) is 16.1 Å². The number of nitrogens with two attached hydrogens (primary N) is 1. The quantitative estimate of drug-likeness (QED) is 0.476. The van der Waals surface area contributed by atoms with Crippen LogP contribution in [0.1, 0.15) is 43.4 Å². The maximum Gasteiger partial charge on any atom is 0.407 e. The minimum absolute atomic E-state index is 0.0426. The third-order valence-electron chi connectivity index (χ3n) is 6.26. The number of hydrogen-bond donors (Lipinski definition) is 3. The fourth-order valence-electron chi connectivity index (χ4n) is 4.37. The molecule has 0 radical (unpaired) electrons. The molecule has 0 saturated carbocycles. The van der Waals surface area contributed by atoms with Gasteiger partial charge >= 0.3 is 6.09 Å². The summed E-state index contributed by atoms with van der Waals surface area (Å²) in [7, 11) is 0. The number of carboxylic acid groups (broad SMARTS) is 1. The van der Waals surface area contributed by atoms with E-state index in [1.54, 1.807) is 0 Å². The summed E-state index contributed by atoms with van der Waals surface area (Å²) in [6.45, 7) is 4.00. The molecule has 2 fully saturated rings. The number of nitrogens with one attached hydrogen (secondary N) is 1. The van der Waals surface area contributed by atoms with E-state index in [2.05, 4.69) is 10.2 Å². The lowest BCUT2D eigenvalue weighted by Gasteiger charge is -2.40. The van der Waals surface area contributed by atoms with Crippen LogP contribution in [0.2, 0.25) is 0 Å². The fraction of sp³-hybridized carbons (Fsp3) is 0.682. The maximum atomic E-state index is 13.1. The lowest BCUT2D eigenvalue weighted by atomic mass is 10.0. The molecule has 0 unspecified atom stereocenters. The minimum atomic E-state index is -1.09. The highest BCUT2D eigenvalue weighted by atomic mass is 32.1. The zero-order valence-corrected chi connectivity index (χ0v) is 19.4. The van der Waals surface area contributed by atoms with E-state index in [9.17, 15) is 19.5 Å². The minimum Gasteiger partial charge on any atom is -0.465 e. The number of carbonyl (C=O) groups is 3. The summed E-state index contributed by atoms with van der Waals surface area (Å²) in [4.78, 5) is 43.5. The van der Waals surface area contributed by atoms with Gasteiger partial charge in [0.05, 0.1) is 19.1 Å². The number of nitrogens with zero attached hydrogens (tertiary/aromatic N) is 3. The van der Waals surface area contributed by atoms with E-state index in [4.69, 9.17) is 5.73 Å². The van der Waals surface area contributed by atoms with Crippen molar-refractivity contribution in [2.45, 2.75) is 57.2 Å². The Kier molecular flexibility index (Phi) is 9.31. The first-order chi connectivity index (χ1) is 15.5. The Balaban J connectivity index is 1.52. The number of piperidine rings is 1. The third-order valence-corrected chi connectivity index (χ3v) is 7.14. The van der Waals surface area contributed by atoms with Crippen LogP contribution in [0.3, 0.4) is 0 Å². The second-order valence-electron chi connectivity index (χ2n) is 8.58. The summed E-state index contributed by atoms with van der Waals surface area (Å²) < 4.78 is 0. The zero-order chi connectivity index (χ0) is 22.9. The largest absolute Gasteiger partial charge is 0.465 e. The van der Waals surface area contributed by atoms with Gasteiger partial charge < -0.3 is 30.9 Å².